The molecule has 2 heterocycles. The topological polar surface area (TPSA) is 91.9 Å². The second-order valence-corrected chi connectivity index (χ2v) is 7.70. The van der Waals surface area contributed by atoms with Gasteiger partial charge < -0.3 is 9.32 Å². The number of para-hydroxylation sites is 1. The fraction of sp³-hybridized carbons (Fsp3) is 0.261. The van der Waals surface area contributed by atoms with E-state index in [1.807, 2.05) is 37.3 Å². The molecule has 0 N–H and O–H groups in total. The molecule has 32 heavy (non-hydrogen) atoms. The van der Waals surface area contributed by atoms with E-state index >= 15 is 0 Å². The lowest BCUT2D eigenvalue weighted by Crippen LogP contribution is -2.41. The minimum absolute atomic E-state index is 0.141. The normalized spacial score (nSPS) is 13.8. The van der Waals surface area contributed by atoms with Gasteiger partial charge in [0.05, 0.1) is 22.8 Å². The van der Waals surface area contributed by atoms with E-state index < -0.39 is 0 Å². The lowest BCUT2D eigenvalue weighted by atomic mass is 10.1. The van der Waals surface area contributed by atoms with Gasteiger partial charge in [0.15, 0.2) is 0 Å². The molecule has 164 valence electrons. The number of carbonyl (C=O) groups excluding carboxylic acids is 2. The maximum absolute atomic E-state index is 13.3. The third kappa shape index (κ3) is 4.70. The zero-order chi connectivity index (χ0) is 22.5. The number of carbonyl (C=O) groups is 2. The molecule has 4 rings (SSSR count). The smallest absolute Gasteiger partial charge is 0.270 e. The Hall–Kier alpha value is -3.52. The molecule has 1 aliphatic heterocycles. The lowest BCUT2D eigenvalue weighted by Gasteiger charge is -2.26. The molecular formula is C23H22ClN5O3. The van der Waals surface area contributed by atoms with Gasteiger partial charge in [-0.1, -0.05) is 48.9 Å². The van der Waals surface area contributed by atoms with Crippen LogP contribution in [0.1, 0.15) is 32.1 Å². The molecule has 3 aromatic rings. The number of aromatic nitrogens is 2. The predicted octanol–water partition coefficient (Wildman–Crippen LogP) is 4.31. The van der Waals surface area contributed by atoms with Crippen LogP contribution in [0.2, 0.25) is 5.02 Å². The van der Waals surface area contributed by atoms with Gasteiger partial charge in [-0.2, -0.15) is 5.10 Å². The van der Waals surface area contributed by atoms with E-state index in [9.17, 15) is 9.59 Å². The average Bonchev–Trinajstić information content (AvgIpc) is 3.28. The van der Waals surface area contributed by atoms with Crippen molar-refractivity contribution >= 4 is 34.8 Å². The van der Waals surface area contributed by atoms with Gasteiger partial charge in [-0.25, -0.2) is 5.01 Å². The zero-order valence-corrected chi connectivity index (χ0v) is 18.3. The van der Waals surface area contributed by atoms with E-state index in [1.54, 1.807) is 29.2 Å². The van der Waals surface area contributed by atoms with Crippen LogP contribution in [-0.4, -0.2) is 39.2 Å². The summed E-state index contributed by atoms with van der Waals surface area (Å²) in [7, 11) is 0. The van der Waals surface area contributed by atoms with Gasteiger partial charge in [-0.15, -0.1) is 10.2 Å². The first-order valence-electron chi connectivity index (χ1n) is 10.4. The average molecular weight is 452 g/mol. The summed E-state index contributed by atoms with van der Waals surface area (Å²) in [6.45, 7) is 2.61. The predicted molar refractivity (Wildman–Crippen MR) is 121 cm³/mol. The summed E-state index contributed by atoms with van der Waals surface area (Å²) in [4.78, 5) is 27.2. The first-order valence-corrected chi connectivity index (χ1v) is 10.8. The van der Waals surface area contributed by atoms with E-state index in [-0.39, 0.29) is 31.2 Å². The Morgan fingerprint density at radius 2 is 1.84 bits per heavy atom. The Kier molecular flexibility index (Phi) is 6.61. The first-order chi connectivity index (χ1) is 15.6. The molecule has 0 aliphatic carbocycles. The quantitative estimate of drug-likeness (QED) is 0.533. The number of amides is 2. The highest BCUT2D eigenvalue weighted by Gasteiger charge is 2.29. The van der Waals surface area contributed by atoms with E-state index in [0.29, 0.717) is 40.3 Å². The highest BCUT2D eigenvalue weighted by molar-refractivity contribution is 6.40. The minimum Gasteiger partial charge on any atom is -0.419 e. The number of nitrogens with zero attached hydrogens (tertiary/aromatic N) is 5. The second kappa shape index (κ2) is 9.74. The molecule has 0 saturated carbocycles. The molecule has 9 heteroatoms. The molecule has 0 bridgehead atoms. The van der Waals surface area contributed by atoms with Gasteiger partial charge in [0, 0.05) is 19.4 Å². The van der Waals surface area contributed by atoms with Crippen LogP contribution in [0.25, 0.3) is 11.5 Å². The lowest BCUT2D eigenvalue weighted by molar-refractivity contribution is -0.125. The van der Waals surface area contributed by atoms with Gasteiger partial charge in [0.25, 0.3) is 5.91 Å². The molecule has 0 radical (unpaired) electrons. The van der Waals surface area contributed by atoms with Crippen molar-refractivity contribution in [2.24, 2.45) is 5.10 Å². The number of hydrogen-bond acceptors (Lipinski definition) is 6. The molecule has 2 amide bonds. The number of halogens is 1. The molecule has 0 unspecified atom stereocenters. The summed E-state index contributed by atoms with van der Waals surface area (Å²) in [5, 5.41) is 14.3. The largest absolute Gasteiger partial charge is 0.419 e. The Balaban J connectivity index is 1.54. The van der Waals surface area contributed by atoms with Crippen LogP contribution in [0.15, 0.2) is 64.1 Å². The van der Waals surface area contributed by atoms with E-state index in [2.05, 4.69) is 15.3 Å². The van der Waals surface area contributed by atoms with Crippen LogP contribution in [-0.2, 0) is 16.1 Å². The maximum atomic E-state index is 13.3. The van der Waals surface area contributed by atoms with Crippen molar-refractivity contribution in [3.8, 4) is 11.5 Å². The Morgan fingerprint density at radius 1 is 1.09 bits per heavy atom. The highest BCUT2D eigenvalue weighted by Crippen LogP contribution is 2.26. The van der Waals surface area contributed by atoms with Crippen molar-refractivity contribution in [2.45, 2.75) is 32.7 Å². The number of anilines is 1. The molecule has 0 fully saturated rings. The molecular weight excluding hydrogens is 430 g/mol. The van der Waals surface area contributed by atoms with Crippen LogP contribution >= 0.6 is 11.6 Å². The Bertz CT molecular complexity index is 1150. The maximum Gasteiger partial charge on any atom is 0.270 e. The molecule has 0 spiro atoms. The fourth-order valence-electron chi connectivity index (χ4n) is 3.41. The summed E-state index contributed by atoms with van der Waals surface area (Å²) in [5.41, 5.74) is 1.59. The van der Waals surface area contributed by atoms with E-state index in [1.165, 1.54) is 5.01 Å². The summed E-state index contributed by atoms with van der Waals surface area (Å²) in [6.07, 6.45) is 1.25. The van der Waals surface area contributed by atoms with Crippen molar-refractivity contribution in [3.05, 3.63) is 65.5 Å². The van der Waals surface area contributed by atoms with Gasteiger partial charge in [0.2, 0.25) is 17.7 Å². The van der Waals surface area contributed by atoms with E-state index in [0.717, 1.165) is 6.42 Å². The van der Waals surface area contributed by atoms with Gasteiger partial charge in [-0.3, -0.25) is 9.59 Å². The first kappa shape index (κ1) is 21.7. The van der Waals surface area contributed by atoms with Gasteiger partial charge in [-0.05, 0) is 30.7 Å². The van der Waals surface area contributed by atoms with Crippen molar-refractivity contribution in [2.75, 3.05) is 11.6 Å². The third-order valence-electron chi connectivity index (χ3n) is 4.96. The third-order valence-corrected chi connectivity index (χ3v) is 5.29. The van der Waals surface area contributed by atoms with Crippen molar-refractivity contribution in [1.82, 2.24) is 15.1 Å². The number of hydrazone groups is 1. The fourth-order valence-corrected chi connectivity index (χ4v) is 3.62. The summed E-state index contributed by atoms with van der Waals surface area (Å²) in [5.74, 6) is 0.202. The number of benzene rings is 2. The van der Waals surface area contributed by atoms with Crippen molar-refractivity contribution < 1.29 is 14.0 Å². The van der Waals surface area contributed by atoms with Crippen molar-refractivity contribution in [1.29, 1.82) is 0 Å². The molecule has 0 atom stereocenters. The van der Waals surface area contributed by atoms with E-state index in [4.69, 9.17) is 16.0 Å². The van der Waals surface area contributed by atoms with Gasteiger partial charge in [0.1, 0.15) is 5.71 Å². The van der Waals surface area contributed by atoms with Crippen molar-refractivity contribution in [3.63, 3.8) is 0 Å². The Morgan fingerprint density at radius 3 is 2.59 bits per heavy atom. The molecule has 0 saturated heterocycles. The monoisotopic (exact) mass is 451 g/mol. The second-order valence-electron chi connectivity index (χ2n) is 7.30. The highest BCUT2D eigenvalue weighted by atomic mass is 35.5. The zero-order valence-electron chi connectivity index (χ0n) is 17.6. The standard InChI is InChI=1S/C23H22ClN5O3/c1-2-14-28(15-20-25-26-22(32-20)17-10-6-7-11-18(17)24)23(31)19-12-13-21(30)29(27-19)16-8-4-3-5-9-16/h3-11H,2,12-15H2,1H3. The van der Waals surface area contributed by atoms with Crippen LogP contribution in [0.3, 0.4) is 0 Å². The van der Waals surface area contributed by atoms with Gasteiger partial charge >= 0.3 is 0 Å². The summed E-state index contributed by atoms with van der Waals surface area (Å²) < 4.78 is 5.77. The number of rotatable bonds is 7. The minimum atomic E-state index is -0.252. The SMILES string of the molecule is CCCN(Cc1nnc(-c2ccccc2Cl)o1)C(=O)C1=NN(c2ccccc2)C(=O)CC1. The Labute approximate surface area is 190 Å². The summed E-state index contributed by atoms with van der Waals surface area (Å²) in [6, 6.07) is 16.3. The van der Waals surface area contributed by atoms with Crippen LogP contribution < -0.4 is 5.01 Å². The molecule has 2 aromatic carbocycles. The van der Waals surface area contributed by atoms with Crippen LogP contribution in [0.5, 0.6) is 0 Å². The molecule has 1 aromatic heterocycles. The summed E-state index contributed by atoms with van der Waals surface area (Å²) >= 11 is 6.21. The molecule has 1 aliphatic rings. The molecule has 8 nitrogen and oxygen atoms in total. The van der Waals surface area contributed by atoms with Crippen LogP contribution in [0, 0.1) is 0 Å². The van der Waals surface area contributed by atoms with Crippen LogP contribution in [0.4, 0.5) is 5.69 Å². The number of hydrogen-bond donors (Lipinski definition) is 0.